The summed E-state index contributed by atoms with van der Waals surface area (Å²) in [5, 5.41) is 19.7. The third kappa shape index (κ3) is 4.53. The number of nitrogens with two attached hydrogens (primary N) is 1. The van der Waals surface area contributed by atoms with E-state index in [2.05, 4.69) is 0 Å². The number of nitro benzene ring substituents is 1. The largest absolute Gasteiger partial charge is 0.480 e. The number of thioether (sulfide) groups is 1. The van der Waals surface area contributed by atoms with Crippen LogP contribution in [0.4, 0.5) is 5.69 Å². The summed E-state index contributed by atoms with van der Waals surface area (Å²) < 4.78 is 0. The van der Waals surface area contributed by atoms with Gasteiger partial charge >= 0.3 is 5.97 Å². The molecule has 0 bridgehead atoms. The van der Waals surface area contributed by atoms with Gasteiger partial charge in [0.05, 0.1) is 9.82 Å². The minimum atomic E-state index is -1.25. The Hall–Kier alpha value is -1.60. The van der Waals surface area contributed by atoms with Crippen LogP contribution in [0.25, 0.3) is 0 Å². The van der Waals surface area contributed by atoms with E-state index in [1.165, 1.54) is 24.8 Å². The van der Waals surface area contributed by atoms with Gasteiger partial charge in [0.1, 0.15) is 5.54 Å². The molecule has 7 heteroatoms. The average Bonchev–Trinajstić information content (AvgIpc) is 2.34. The number of nitro groups is 1. The lowest BCUT2D eigenvalue weighted by Crippen LogP contribution is -2.44. The molecule has 0 saturated heterocycles. The van der Waals surface area contributed by atoms with E-state index in [1.807, 2.05) is 0 Å². The van der Waals surface area contributed by atoms with Gasteiger partial charge in [0.2, 0.25) is 0 Å². The van der Waals surface area contributed by atoms with Gasteiger partial charge in [0.15, 0.2) is 0 Å². The summed E-state index contributed by atoms with van der Waals surface area (Å²) in [6, 6.07) is 6.48. The van der Waals surface area contributed by atoms with Crippen molar-refractivity contribution in [1.82, 2.24) is 0 Å². The van der Waals surface area contributed by atoms with Crippen molar-refractivity contribution >= 4 is 23.4 Å². The van der Waals surface area contributed by atoms with Crippen LogP contribution in [0.2, 0.25) is 0 Å². The predicted octanol–water partition coefficient (Wildman–Crippen LogP) is 2.27. The number of nitrogens with zero attached hydrogens (tertiary/aromatic N) is 1. The maximum Gasteiger partial charge on any atom is 0.323 e. The molecule has 0 spiro atoms. The van der Waals surface area contributed by atoms with Crippen LogP contribution in [-0.2, 0) is 4.79 Å². The van der Waals surface area contributed by atoms with E-state index >= 15 is 0 Å². The lowest BCUT2D eigenvalue weighted by molar-refractivity contribution is -0.387. The van der Waals surface area contributed by atoms with Gasteiger partial charge < -0.3 is 10.8 Å². The second kappa shape index (κ2) is 6.53. The van der Waals surface area contributed by atoms with Gasteiger partial charge in [-0.05, 0) is 31.6 Å². The Morgan fingerprint density at radius 2 is 2.16 bits per heavy atom. The molecule has 0 aliphatic carbocycles. The first-order valence-electron chi connectivity index (χ1n) is 5.73. The lowest BCUT2D eigenvalue weighted by Gasteiger charge is -2.18. The van der Waals surface area contributed by atoms with Crippen molar-refractivity contribution in [1.29, 1.82) is 0 Å². The van der Waals surface area contributed by atoms with Crippen molar-refractivity contribution < 1.29 is 14.8 Å². The SMILES string of the molecule is CC(N)(CCCSc1ccccc1[N+](=O)[O-])C(=O)O. The molecule has 1 aromatic rings. The summed E-state index contributed by atoms with van der Waals surface area (Å²) in [7, 11) is 0. The molecule has 6 nitrogen and oxygen atoms in total. The minimum Gasteiger partial charge on any atom is -0.480 e. The maximum absolute atomic E-state index is 10.8. The Balaban J connectivity index is 2.51. The number of rotatable bonds is 7. The van der Waals surface area contributed by atoms with Crippen LogP contribution in [0.5, 0.6) is 0 Å². The Morgan fingerprint density at radius 3 is 2.74 bits per heavy atom. The number of para-hydroxylation sites is 1. The number of carbonyl (C=O) groups is 1. The summed E-state index contributed by atoms with van der Waals surface area (Å²) in [5.41, 5.74) is 4.42. The van der Waals surface area contributed by atoms with Crippen molar-refractivity contribution in [3.05, 3.63) is 34.4 Å². The van der Waals surface area contributed by atoms with Crippen molar-refractivity contribution in [2.45, 2.75) is 30.2 Å². The Labute approximate surface area is 115 Å². The summed E-state index contributed by atoms with van der Waals surface area (Å²) >= 11 is 1.34. The van der Waals surface area contributed by atoms with Gasteiger partial charge in [0.25, 0.3) is 5.69 Å². The highest BCUT2D eigenvalue weighted by Crippen LogP contribution is 2.29. The van der Waals surface area contributed by atoms with Crippen LogP contribution in [0.3, 0.4) is 0 Å². The van der Waals surface area contributed by atoms with E-state index in [4.69, 9.17) is 10.8 Å². The molecule has 0 aromatic heterocycles. The quantitative estimate of drug-likeness (QED) is 0.344. The second-order valence-corrected chi connectivity index (χ2v) is 5.54. The molecule has 0 saturated carbocycles. The number of hydrogen-bond acceptors (Lipinski definition) is 5. The third-order valence-electron chi connectivity index (χ3n) is 2.65. The van der Waals surface area contributed by atoms with Crippen LogP contribution < -0.4 is 5.73 Å². The fraction of sp³-hybridized carbons (Fsp3) is 0.417. The number of carboxylic acid groups (broad SMARTS) is 1. The van der Waals surface area contributed by atoms with Crippen LogP contribution in [0.1, 0.15) is 19.8 Å². The molecule has 19 heavy (non-hydrogen) atoms. The van der Waals surface area contributed by atoms with E-state index in [9.17, 15) is 14.9 Å². The maximum atomic E-state index is 10.8. The Morgan fingerprint density at radius 1 is 1.53 bits per heavy atom. The molecule has 104 valence electrons. The molecule has 0 aliphatic rings. The fourth-order valence-corrected chi connectivity index (χ4v) is 2.43. The molecule has 0 aliphatic heterocycles. The van der Waals surface area contributed by atoms with Gasteiger partial charge in [-0.15, -0.1) is 11.8 Å². The topological polar surface area (TPSA) is 106 Å². The predicted molar refractivity (Wildman–Crippen MR) is 73.3 cm³/mol. The van der Waals surface area contributed by atoms with E-state index in [0.717, 1.165) is 0 Å². The molecular formula is C12H16N2O4S. The molecule has 0 heterocycles. The zero-order valence-corrected chi connectivity index (χ0v) is 11.4. The molecule has 1 unspecified atom stereocenters. The molecule has 1 aromatic carbocycles. The number of benzene rings is 1. The molecule has 0 radical (unpaired) electrons. The highest BCUT2D eigenvalue weighted by atomic mass is 32.2. The average molecular weight is 284 g/mol. The van der Waals surface area contributed by atoms with E-state index in [-0.39, 0.29) is 5.69 Å². The van der Waals surface area contributed by atoms with Crippen molar-refractivity contribution in [2.75, 3.05) is 5.75 Å². The van der Waals surface area contributed by atoms with Crippen LogP contribution in [0, 0.1) is 10.1 Å². The van der Waals surface area contributed by atoms with Crippen molar-refractivity contribution in [3.8, 4) is 0 Å². The van der Waals surface area contributed by atoms with Gasteiger partial charge in [-0.1, -0.05) is 12.1 Å². The van der Waals surface area contributed by atoms with Crippen molar-refractivity contribution in [2.24, 2.45) is 5.73 Å². The first kappa shape index (κ1) is 15.5. The smallest absolute Gasteiger partial charge is 0.323 e. The number of hydrogen-bond donors (Lipinski definition) is 2. The molecule has 3 N–H and O–H groups in total. The summed E-state index contributed by atoms with van der Waals surface area (Å²) in [6.07, 6.45) is 0.909. The minimum absolute atomic E-state index is 0.0706. The standard InChI is InChI=1S/C12H16N2O4S/c1-12(13,11(15)16)7-4-8-19-10-6-3-2-5-9(10)14(17)18/h2-3,5-6H,4,7-8,13H2,1H3,(H,15,16). The molecule has 0 fully saturated rings. The Kier molecular flexibility index (Phi) is 5.31. The lowest BCUT2D eigenvalue weighted by atomic mass is 9.98. The van der Waals surface area contributed by atoms with Crippen LogP contribution in [-0.4, -0.2) is 27.3 Å². The van der Waals surface area contributed by atoms with E-state index < -0.39 is 16.4 Å². The zero-order valence-electron chi connectivity index (χ0n) is 10.5. The number of carboxylic acids is 1. The second-order valence-electron chi connectivity index (χ2n) is 4.40. The number of aliphatic carboxylic acids is 1. The normalized spacial score (nSPS) is 13.8. The summed E-state index contributed by atoms with van der Waals surface area (Å²) in [5.74, 6) is -0.450. The van der Waals surface area contributed by atoms with Crippen LogP contribution in [0.15, 0.2) is 29.2 Å². The molecule has 1 atom stereocenters. The van der Waals surface area contributed by atoms with E-state index in [1.54, 1.807) is 18.2 Å². The summed E-state index contributed by atoms with van der Waals surface area (Å²) in [4.78, 5) is 21.8. The summed E-state index contributed by atoms with van der Waals surface area (Å²) in [6.45, 7) is 1.46. The van der Waals surface area contributed by atoms with E-state index in [0.29, 0.717) is 23.5 Å². The van der Waals surface area contributed by atoms with Crippen LogP contribution >= 0.6 is 11.8 Å². The van der Waals surface area contributed by atoms with Gasteiger partial charge in [-0.25, -0.2) is 0 Å². The fourth-order valence-electron chi connectivity index (χ4n) is 1.46. The molecular weight excluding hydrogens is 268 g/mol. The van der Waals surface area contributed by atoms with Gasteiger partial charge in [0, 0.05) is 6.07 Å². The van der Waals surface area contributed by atoms with Gasteiger partial charge in [-0.3, -0.25) is 14.9 Å². The highest BCUT2D eigenvalue weighted by molar-refractivity contribution is 7.99. The third-order valence-corrected chi connectivity index (χ3v) is 3.80. The van der Waals surface area contributed by atoms with Gasteiger partial charge in [-0.2, -0.15) is 0 Å². The zero-order chi connectivity index (χ0) is 14.5. The first-order valence-corrected chi connectivity index (χ1v) is 6.71. The molecule has 0 amide bonds. The van der Waals surface area contributed by atoms with Crippen molar-refractivity contribution in [3.63, 3.8) is 0 Å². The monoisotopic (exact) mass is 284 g/mol. The first-order chi connectivity index (χ1) is 8.84. The highest BCUT2D eigenvalue weighted by Gasteiger charge is 2.26. The Bertz CT molecular complexity index is 477. The molecule has 1 rings (SSSR count).